The topological polar surface area (TPSA) is 46.0 Å². The molecular weight excluding hydrogens is 244 g/mol. The number of aliphatic hydroxyl groups is 1. The van der Waals surface area contributed by atoms with Gasteiger partial charge in [0, 0.05) is 18.4 Å². The number of benzene rings is 1. The third-order valence-electron chi connectivity index (χ3n) is 2.02. The summed E-state index contributed by atoms with van der Waals surface area (Å²) in [6, 6.07) is 7.78. The van der Waals surface area contributed by atoms with Gasteiger partial charge in [0.15, 0.2) is 0 Å². The second-order valence-corrected chi connectivity index (χ2v) is 3.74. The van der Waals surface area contributed by atoms with Crippen molar-refractivity contribution in [2.45, 2.75) is 6.42 Å². The summed E-state index contributed by atoms with van der Waals surface area (Å²) in [7, 11) is 0. The van der Waals surface area contributed by atoms with Gasteiger partial charge < -0.3 is 5.11 Å². The van der Waals surface area contributed by atoms with Gasteiger partial charge in [0.25, 0.3) is 0 Å². The maximum Gasteiger partial charge on any atom is 0.0941 e. The van der Waals surface area contributed by atoms with Crippen LogP contribution in [0.1, 0.15) is 5.69 Å². The van der Waals surface area contributed by atoms with Gasteiger partial charge in [-0.15, -0.1) is 0 Å². The number of halogens is 1. The Kier molecular flexibility index (Phi) is 2.74. The molecule has 1 N–H and O–H groups in total. The van der Waals surface area contributed by atoms with Crippen molar-refractivity contribution in [3.8, 4) is 0 Å². The van der Waals surface area contributed by atoms with E-state index in [-0.39, 0.29) is 6.61 Å². The molecule has 14 heavy (non-hydrogen) atoms. The van der Waals surface area contributed by atoms with Crippen molar-refractivity contribution in [3.63, 3.8) is 0 Å². The van der Waals surface area contributed by atoms with E-state index in [4.69, 9.17) is 5.11 Å². The van der Waals surface area contributed by atoms with Crippen molar-refractivity contribution >= 4 is 26.8 Å². The molecule has 0 atom stereocenters. The first-order valence-electron chi connectivity index (χ1n) is 4.33. The van der Waals surface area contributed by atoms with Gasteiger partial charge in [-0.25, -0.2) is 0 Å². The van der Waals surface area contributed by atoms with Crippen LogP contribution in [0.25, 0.3) is 10.9 Å². The standard InChI is InChI=1S/C10H9BrN2O/c11-10-7-3-1-2-4-8(7)12-13-9(10)5-6-14/h1-4,14H,5-6H2. The zero-order valence-electron chi connectivity index (χ0n) is 7.44. The molecule has 0 amide bonds. The van der Waals surface area contributed by atoms with Gasteiger partial charge in [-0.2, -0.15) is 10.2 Å². The molecule has 4 heteroatoms. The zero-order chi connectivity index (χ0) is 9.97. The van der Waals surface area contributed by atoms with E-state index in [2.05, 4.69) is 26.1 Å². The van der Waals surface area contributed by atoms with Crippen LogP contribution in [0, 0.1) is 0 Å². The van der Waals surface area contributed by atoms with E-state index >= 15 is 0 Å². The molecule has 0 saturated carbocycles. The smallest absolute Gasteiger partial charge is 0.0941 e. The molecule has 3 nitrogen and oxygen atoms in total. The van der Waals surface area contributed by atoms with Gasteiger partial charge in [-0.05, 0) is 22.0 Å². The van der Waals surface area contributed by atoms with Crippen LogP contribution in [0.3, 0.4) is 0 Å². The summed E-state index contributed by atoms with van der Waals surface area (Å²) in [5, 5.41) is 18.0. The molecule has 0 aliphatic rings. The Hall–Kier alpha value is -1.00. The first kappa shape index (κ1) is 9.55. The summed E-state index contributed by atoms with van der Waals surface area (Å²) in [5.74, 6) is 0. The van der Waals surface area contributed by atoms with E-state index in [1.54, 1.807) is 0 Å². The number of hydrogen-bond acceptors (Lipinski definition) is 3. The normalized spacial score (nSPS) is 10.7. The Labute approximate surface area is 89.9 Å². The third kappa shape index (κ3) is 1.63. The SMILES string of the molecule is OCCc1nnc2ccccc2c1Br. The van der Waals surface area contributed by atoms with Crippen molar-refractivity contribution in [2.24, 2.45) is 0 Å². The lowest BCUT2D eigenvalue weighted by Gasteiger charge is -2.03. The molecule has 0 saturated heterocycles. The molecule has 2 aromatic rings. The Bertz CT molecular complexity index is 459. The summed E-state index contributed by atoms with van der Waals surface area (Å²) in [6.07, 6.45) is 0.526. The molecule has 1 heterocycles. The number of aliphatic hydroxyl groups excluding tert-OH is 1. The fraction of sp³-hybridized carbons (Fsp3) is 0.200. The molecule has 0 bridgehead atoms. The van der Waals surface area contributed by atoms with Crippen LogP contribution < -0.4 is 0 Å². The second kappa shape index (κ2) is 4.02. The van der Waals surface area contributed by atoms with Crippen LogP contribution in [0.4, 0.5) is 0 Å². The Morgan fingerprint density at radius 2 is 2.00 bits per heavy atom. The number of hydrogen-bond donors (Lipinski definition) is 1. The van der Waals surface area contributed by atoms with E-state index < -0.39 is 0 Å². The molecule has 1 aromatic heterocycles. The minimum atomic E-state index is 0.0889. The van der Waals surface area contributed by atoms with Crippen LogP contribution in [0.15, 0.2) is 28.7 Å². The highest BCUT2D eigenvalue weighted by molar-refractivity contribution is 9.10. The van der Waals surface area contributed by atoms with Crippen molar-refractivity contribution in [2.75, 3.05) is 6.61 Å². The van der Waals surface area contributed by atoms with Crippen LogP contribution in [0.2, 0.25) is 0 Å². The quantitative estimate of drug-likeness (QED) is 0.889. The molecular formula is C10H9BrN2O. The fourth-order valence-electron chi connectivity index (χ4n) is 1.33. The van der Waals surface area contributed by atoms with Crippen molar-refractivity contribution < 1.29 is 5.11 Å². The second-order valence-electron chi connectivity index (χ2n) is 2.95. The Morgan fingerprint density at radius 1 is 1.21 bits per heavy atom. The minimum Gasteiger partial charge on any atom is -0.396 e. The largest absolute Gasteiger partial charge is 0.396 e. The van der Waals surface area contributed by atoms with E-state index in [0.717, 1.165) is 21.1 Å². The zero-order valence-corrected chi connectivity index (χ0v) is 9.03. The third-order valence-corrected chi connectivity index (χ3v) is 2.91. The van der Waals surface area contributed by atoms with Crippen LogP contribution >= 0.6 is 15.9 Å². The molecule has 0 radical (unpaired) electrons. The summed E-state index contributed by atoms with van der Waals surface area (Å²) in [5.41, 5.74) is 1.66. The Balaban J connectivity index is 2.63. The predicted octanol–water partition coefficient (Wildman–Crippen LogP) is 1.93. The van der Waals surface area contributed by atoms with E-state index in [1.807, 2.05) is 24.3 Å². The monoisotopic (exact) mass is 252 g/mol. The van der Waals surface area contributed by atoms with E-state index in [0.29, 0.717) is 6.42 Å². The highest BCUT2D eigenvalue weighted by Crippen LogP contribution is 2.24. The molecule has 0 aliphatic heterocycles. The maximum absolute atomic E-state index is 8.83. The lowest BCUT2D eigenvalue weighted by atomic mass is 10.2. The van der Waals surface area contributed by atoms with E-state index in [9.17, 15) is 0 Å². The average Bonchev–Trinajstić information content (AvgIpc) is 2.23. The number of rotatable bonds is 2. The summed E-state index contributed by atoms with van der Waals surface area (Å²) in [4.78, 5) is 0. The molecule has 0 unspecified atom stereocenters. The lowest BCUT2D eigenvalue weighted by Crippen LogP contribution is -1.98. The first-order valence-corrected chi connectivity index (χ1v) is 5.13. The lowest BCUT2D eigenvalue weighted by molar-refractivity contribution is 0.297. The van der Waals surface area contributed by atoms with Crippen molar-refractivity contribution in [1.29, 1.82) is 0 Å². The van der Waals surface area contributed by atoms with E-state index in [1.165, 1.54) is 0 Å². The van der Waals surface area contributed by atoms with Gasteiger partial charge >= 0.3 is 0 Å². The average molecular weight is 253 g/mol. The summed E-state index contributed by atoms with van der Waals surface area (Å²) >= 11 is 3.47. The first-order chi connectivity index (χ1) is 6.83. The molecule has 72 valence electrons. The fourth-order valence-corrected chi connectivity index (χ4v) is 1.94. The molecule has 0 fully saturated rings. The molecule has 0 aliphatic carbocycles. The molecule has 1 aromatic carbocycles. The van der Waals surface area contributed by atoms with Crippen LogP contribution in [-0.4, -0.2) is 21.9 Å². The minimum absolute atomic E-state index is 0.0889. The number of aromatic nitrogens is 2. The number of nitrogens with zero attached hydrogens (tertiary/aromatic N) is 2. The van der Waals surface area contributed by atoms with Gasteiger partial charge in [0.1, 0.15) is 0 Å². The van der Waals surface area contributed by atoms with Crippen LogP contribution in [0.5, 0.6) is 0 Å². The highest BCUT2D eigenvalue weighted by Gasteiger charge is 2.06. The number of fused-ring (bicyclic) bond motifs is 1. The van der Waals surface area contributed by atoms with Gasteiger partial charge in [0.05, 0.1) is 15.7 Å². The van der Waals surface area contributed by atoms with Crippen molar-refractivity contribution in [3.05, 3.63) is 34.4 Å². The van der Waals surface area contributed by atoms with Gasteiger partial charge in [-0.1, -0.05) is 18.2 Å². The molecule has 2 rings (SSSR count). The van der Waals surface area contributed by atoms with Gasteiger partial charge in [0.2, 0.25) is 0 Å². The summed E-state index contributed by atoms with van der Waals surface area (Å²) < 4.78 is 0.928. The van der Waals surface area contributed by atoms with Crippen LogP contribution in [-0.2, 0) is 6.42 Å². The van der Waals surface area contributed by atoms with Crippen molar-refractivity contribution in [1.82, 2.24) is 10.2 Å². The maximum atomic E-state index is 8.83. The summed E-state index contributed by atoms with van der Waals surface area (Å²) in [6.45, 7) is 0.0889. The highest BCUT2D eigenvalue weighted by atomic mass is 79.9. The molecule has 0 spiro atoms. The predicted molar refractivity (Wildman–Crippen MR) is 58.0 cm³/mol. The van der Waals surface area contributed by atoms with Gasteiger partial charge in [-0.3, -0.25) is 0 Å². The Morgan fingerprint density at radius 3 is 2.79 bits per heavy atom.